The molecule has 0 saturated carbocycles. The molecule has 6 rings (SSSR count). The lowest BCUT2D eigenvalue weighted by Crippen LogP contribution is -2.04. The molecule has 0 fully saturated rings. The molecule has 5 aromatic rings. The van der Waals surface area contributed by atoms with Gasteiger partial charge in [0.05, 0.1) is 5.56 Å². The molecular formula is C24H21N7. The zero-order chi connectivity index (χ0) is 20.9. The van der Waals surface area contributed by atoms with Gasteiger partial charge < -0.3 is 5.73 Å². The molecule has 7 heteroatoms. The predicted molar refractivity (Wildman–Crippen MR) is 120 cm³/mol. The first-order chi connectivity index (χ1) is 15.2. The van der Waals surface area contributed by atoms with E-state index in [2.05, 4.69) is 32.8 Å². The van der Waals surface area contributed by atoms with Crippen molar-refractivity contribution < 1.29 is 0 Å². The quantitative estimate of drug-likeness (QED) is 0.488. The number of hydrogen-bond donors (Lipinski definition) is 1. The number of rotatable bonds is 3. The van der Waals surface area contributed by atoms with Crippen LogP contribution >= 0.6 is 0 Å². The first-order valence-electron chi connectivity index (χ1n) is 10.4. The van der Waals surface area contributed by atoms with Crippen molar-refractivity contribution in [2.75, 3.05) is 5.73 Å². The Morgan fingerprint density at radius 1 is 0.968 bits per heavy atom. The first kappa shape index (κ1) is 17.8. The molecule has 1 aliphatic carbocycles. The second-order valence-electron chi connectivity index (χ2n) is 7.93. The Kier molecular flexibility index (Phi) is 3.89. The molecule has 0 amide bonds. The maximum Gasteiger partial charge on any atom is 0.167 e. The Labute approximate surface area is 179 Å². The number of aromatic nitrogens is 6. The number of aryl methyl sites for hydroxylation is 3. The smallest absolute Gasteiger partial charge is 0.167 e. The highest BCUT2D eigenvalue weighted by atomic mass is 15.3. The molecular weight excluding hydrogens is 386 g/mol. The van der Waals surface area contributed by atoms with Crippen LogP contribution in [0.4, 0.5) is 5.82 Å². The third-order valence-electron chi connectivity index (χ3n) is 5.95. The van der Waals surface area contributed by atoms with Crippen molar-refractivity contribution in [3.63, 3.8) is 0 Å². The van der Waals surface area contributed by atoms with Gasteiger partial charge in [0.25, 0.3) is 0 Å². The normalized spacial score (nSPS) is 13.1. The van der Waals surface area contributed by atoms with E-state index in [1.54, 1.807) is 17.1 Å². The summed E-state index contributed by atoms with van der Waals surface area (Å²) in [6, 6.07) is 14.4. The summed E-state index contributed by atoms with van der Waals surface area (Å²) in [6.07, 6.45) is 8.78. The summed E-state index contributed by atoms with van der Waals surface area (Å²) in [5.74, 6) is 1.94. The van der Waals surface area contributed by atoms with Crippen LogP contribution in [-0.2, 0) is 12.8 Å². The standard InChI is InChI=1S/C24H21N7/c1-15-13-20(30-12-4-11-27-30)28-24-21(15)29-23(19-7-3-10-26-22(19)25)31(24)18-9-8-16-5-2-6-17(16)14-18/h3-4,7-14H,2,5-6H2,1H3,(H2,25,26). The third-order valence-corrected chi connectivity index (χ3v) is 5.95. The molecule has 0 atom stereocenters. The summed E-state index contributed by atoms with van der Waals surface area (Å²) in [5, 5.41) is 4.36. The molecule has 31 heavy (non-hydrogen) atoms. The lowest BCUT2D eigenvalue weighted by molar-refractivity contribution is 0.847. The molecule has 4 heterocycles. The summed E-state index contributed by atoms with van der Waals surface area (Å²) in [7, 11) is 0. The topological polar surface area (TPSA) is 87.4 Å². The molecule has 0 radical (unpaired) electrons. The van der Waals surface area contributed by atoms with Crippen molar-refractivity contribution in [1.82, 2.24) is 29.3 Å². The van der Waals surface area contributed by atoms with E-state index < -0.39 is 0 Å². The summed E-state index contributed by atoms with van der Waals surface area (Å²) in [5.41, 5.74) is 13.6. The van der Waals surface area contributed by atoms with Crippen molar-refractivity contribution in [3.05, 3.63) is 77.7 Å². The SMILES string of the molecule is Cc1cc(-n2cccn2)nc2c1nc(-c1cccnc1N)n2-c1ccc2c(c1)CCC2. The molecule has 152 valence electrons. The van der Waals surface area contributed by atoms with Gasteiger partial charge in [-0.05, 0) is 79.3 Å². The van der Waals surface area contributed by atoms with Gasteiger partial charge in [-0.15, -0.1) is 0 Å². The summed E-state index contributed by atoms with van der Waals surface area (Å²) in [4.78, 5) is 14.2. The second kappa shape index (κ2) is 6.77. The number of pyridine rings is 2. The first-order valence-corrected chi connectivity index (χ1v) is 10.4. The number of nitrogen functional groups attached to an aromatic ring is 1. The molecule has 0 saturated heterocycles. The van der Waals surface area contributed by atoms with Gasteiger partial charge in [-0.1, -0.05) is 6.07 Å². The van der Waals surface area contributed by atoms with E-state index in [-0.39, 0.29) is 0 Å². The average Bonchev–Trinajstić information content (AvgIpc) is 3.52. The Morgan fingerprint density at radius 2 is 1.87 bits per heavy atom. The van der Waals surface area contributed by atoms with Gasteiger partial charge in [0.1, 0.15) is 11.3 Å². The van der Waals surface area contributed by atoms with Crippen molar-refractivity contribution in [1.29, 1.82) is 0 Å². The number of imidazole rings is 1. The Morgan fingerprint density at radius 3 is 2.71 bits per heavy atom. The zero-order valence-electron chi connectivity index (χ0n) is 17.2. The number of nitrogens with zero attached hydrogens (tertiary/aromatic N) is 6. The fourth-order valence-corrected chi connectivity index (χ4v) is 4.43. The number of fused-ring (bicyclic) bond motifs is 2. The predicted octanol–water partition coefficient (Wildman–Crippen LogP) is 4.05. The molecule has 0 spiro atoms. The molecule has 2 N–H and O–H groups in total. The molecule has 1 aromatic carbocycles. The Bertz CT molecular complexity index is 1430. The van der Waals surface area contributed by atoms with E-state index in [1.165, 1.54) is 17.5 Å². The maximum atomic E-state index is 6.26. The number of benzene rings is 1. The highest BCUT2D eigenvalue weighted by Crippen LogP contribution is 2.33. The minimum Gasteiger partial charge on any atom is -0.383 e. The van der Waals surface area contributed by atoms with Crippen LogP contribution in [0.15, 0.2) is 61.1 Å². The fraction of sp³-hybridized carbons (Fsp3) is 0.167. The monoisotopic (exact) mass is 407 g/mol. The third kappa shape index (κ3) is 2.81. The van der Waals surface area contributed by atoms with Crippen molar-refractivity contribution >= 4 is 17.0 Å². The van der Waals surface area contributed by atoms with Crippen LogP contribution < -0.4 is 5.73 Å². The van der Waals surface area contributed by atoms with Gasteiger partial charge in [-0.2, -0.15) is 5.10 Å². The van der Waals surface area contributed by atoms with Crippen molar-refractivity contribution in [3.8, 4) is 22.9 Å². The van der Waals surface area contributed by atoms with Crippen LogP contribution in [-0.4, -0.2) is 29.3 Å². The number of nitrogens with two attached hydrogens (primary N) is 1. The van der Waals surface area contributed by atoms with E-state index in [0.29, 0.717) is 5.82 Å². The number of anilines is 1. The van der Waals surface area contributed by atoms with Crippen molar-refractivity contribution in [2.24, 2.45) is 0 Å². The zero-order valence-corrected chi connectivity index (χ0v) is 17.2. The fourth-order valence-electron chi connectivity index (χ4n) is 4.43. The maximum absolute atomic E-state index is 6.26. The lowest BCUT2D eigenvalue weighted by atomic mass is 10.1. The molecule has 4 aromatic heterocycles. The van der Waals surface area contributed by atoms with E-state index in [0.717, 1.165) is 52.5 Å². The van der Waals surface area contributed by atoms with Gasteiger partial charge in [-0.3, -0.25) is 4.57 Å². The van der Waals surface area contributed by atoms with E-state index >= 15 is 0 Å². The highest BCUT2D eigenvalue weighted by Gasteiger charge is 2.21. The van der Waals surface area contributed by atoms with E-state index in [4.69, 9.17) is 15.7 Å². The van der Waals surface area contributed by atoms with Crippen LogP contribution in [0.2, 0.25) is 0 Å². The van der Waals surface area contributed by atoms with Crippen LogP contribution in [0.3, 0.4) is 0 Å². The molecule has 7 nitrogen and oxygen atoms in total. The van der Waals surface area contributed by atoms with Crippen molar-refractivity contribution in [2.45, 2.75) is 26.2 Å². The largest absolute Gasteiger partial charge is 0.383 e. The summed E-state index contributed by atoms with van der Waals surface area (Å²) in [6.45, 7) is 2.05. The van der Waals surface area contributed by atoms with Crippen LogP contribution in [0.5, 0.6) is 0 Å². The Balaban J connectivity index is 1.68. The minimum atomic E-state index is 0.449. The molecule has 0 unspecified atom stereocenters. The highest BCUT2D eigenvalue weighted by molar-refractivity contribution is 5.85. The molecule has 0 bridgehead atoms. The van der Waals surface area contributed by atoms with Gasteiger partial charge in [0, 0.05) is 24.3 Å². The second-order valence-corrected chi connectivity index (χ2v) is 7.93. The Hall–Kier alpha value is -4.00. The van der Waals surface area contributed by atoms with Crippen LogP contribution in [0.25, 0.3) is 34.1 Å². The molecule has 1 aliphatic rings. The van der Waals surface area contributed by atoms with Crippen LogP contribution in [0.1, 0.15) is 23.1 Å². The minimum absolute atomic E-state index is 0.449. The van der Waals surface area contributed by atoms with Gasteiger partial charge in [0.15, 0.2) is 17.3 Å². The molecule has 0 aliphatic heterocycles. The average molecular weight is 407 g/mol. The van der Waals surface area contributed by atoms with Gasteiger partial charge >= 0.3 is 0 Å². The van der Waals surface area contributed by atoms with E-state index in [1.807, 2.05) is 37.4 Å². The summed E-state index contributed by atoms with van der Waals surface area (Å²) < 4.78 is 3.87. The lowest BCUT2D eigenvalue weighted by Gasteiger charge is -2.12. The van der Waals surface area contributed by atoms with Gasteiger partial charge in [-0.25, -0.2) is 19.6 Å². The summed E-state index contributed by atoms with van der Waals surface area (Å²) >= 11 is 0. The number of hydrogen-bond acceptors (Lipinski definition) is 5. The van der Waals surface area contributed by atoms with Crippen LogP contribution in [0, 0.1) is 6.92 Å². The van der Waals surface area contributed by atoms with E-state index in [9.17, 15) is 0 Å². The van der Waals surface area contributed by atoms with Gasteiger partial charge in [0.2, 0.25) is 0 Å².